The number of hydrogen-bond acceptors (Lipinski definition) is 3. The largest absolute Gasteiger partial charge is 0.356 e. The standard InChI is InChI=1S/C20H30N6.HI/c1-17-14-19(16-25(17)15-18-8-4-3-5-9-18)24-20(21-2)22-10-6-12-26-13-7-11-23-26;/h3-5,7-9,11,13,17,19H,6,10,12,14-16H2,1-2H3,(H2,21,22,24);1H. The maximum atomic E-state index is 4.37. The van der Waals surface area contributed by atoms with Gasteiger partial charge < -0.3 is 10.6 Å². The molecular formula is C20H31IN6. The summed E-state index contributed by atoms with van der Waals surface area (Å²) in [5, 5.41) is 11.2. The van der Waals surface area contributed by atoms with E-state index in [4.69, 9.17) is 0 Å². The minimum atomic E-state index is 0. The highest BCUT2D eigenvalue weighted by molar-refractivity contribution is 14.0. The normalized spacial score (nSPS) is 20.3. The van der Waals surface area contributed by atoms with Gasteiger partial charge in [-0.05, 0) is 31.4 Å². The maximum absolute atomic E-state index is 4.37. The smallest absolute Gasteiger partial charge is 0.191 e. The number of aromatic nitrogens is 2. The van der Waals surface area contributed by atoms with Gasteiger partial charge in [0.1, 0.15) is 0 Å². The van der Waals surface area contributed by atoms with E-state index < -0.39 is 0 Å². The molecule has 1 aromatic carbocycles. The fourth-order valence-electron chi connectivity index (χ4n) is 3.51. The summed E-state index contributed by atoms with van der Waals surface area (Å²) >= 11 is 0. The van der Waals surface area contributed by atoms with Crippen LogP contribution in [0, 0.1) is 0 Å². The third kappa shape index (κ3) is 6.80. The molecule has 0 saturated carbocycles. The second-order valence-corrected chi connectivity index (χ2v) is 6.96. The monoisotopic (exact) mass is 482 g/mol. The summed E-state index contributed by atoms with van der Waals surface area (Å²) in [5.41, 5.74) is 1.38. The lowest BCUT2D eigenvalue weighted by Crippen LogP contribution is -2.44. The van der Waals surface area contributed by atoms with Gasteiger partial charge in [-0.25, -0.2) is 0 Å². The summed E-state index contributed by atoms with van der Waals surface area (Å²) in [6.07, 6.45) is 5.97. The van der Waals surface area contributed by atoms with Crippen molar-refractivity contribution in [2.45, 2.75) is 44.9 Å². The summed E-state index contributed by atoms with van der Waals surface area (Å²) in [4.78, 5) is 6.91. The molecule has 1 fully saturated rings. The molecule has 2 heterocycles. The Morgan fingerprint density at radius 1 is 1.26 bits per heavy atom. The number of guanidine groups is 1. The van der Waals surface area contributed by atoms with Gasteiger partial charge in [0.25, 0.3) is 0 Å². The number of aliphatic imine (C=N–C) groups is 1. The van der Waals surface area contributed by atoms with E-state index in [2.05, 4.69) is 62.9 Å². The second kappa shape index (κ2) is 11.3. The third-order valence-electron chi connectivity index (χ3n) is 4.91. The Bertz CT molecular complexity index is 673. The first kappa shape index (κ1) is 21.7. The number of halogens is 1. The third-order valence-corrected chi connectivity index (χ3v) is 4.91. The Hall–Kier alpha value is -1.61. The summed E-state index contributed by atoms with van der Waals surface area (Å²) in [6, 6.07) is 13.7. The molecule has 7 heteroatoms. The van der Waals surface area contributed by atoms with E-state index in [0.29, 0.717) is 12.1 Å². The van der Waals surface area contributed by atoms with Crippen molar-refractivity contribution in [3.8, 4) is 0 Å². The van der Waals surface area contributed by atoms with Crippen LogP contribution in [0.15, 0.2) is 53.8 Å². The van der Waals surface area contributed by atoms with Gasteiger partial charge in [-0.3, -0.25) is 14.6 Å². The minimum Gasteiger partial charge on any atom is -0.356 e. The van der Waals surface area contributed by atoms with Crippen molar-refractivity contribution in [2.24, 2.45) is 4.99 Å². The molecule has 3 rings (SSSR count). The average molecular weight is 482 g/mol. The van der Waals surface area contributed by atoms with Crippen LogP contribution in [0.2, 0.25) is 0 Å². The first-order valence-electron chi connectivity index (χ1n) is 9.47. The lowest BCUT2D eigenvalue weighted by molar-refractivity contribution is 0.258. The number of nitrogens with zero attached hydrogens (tertiary/aromatic N) is 4. The molecule has 0 spiro atoms. The highest BCUT2D eigenvalue weighted by Gasteiger charge is 2.29. The topological polar surface area (TPSA) is 57.5 Å². The van der Waals surface area contributed by atoms with E-state index in [0.717, 1.165) is 45.0 Å². The molecule has 6 nitrogen and oxygen atoms in total. The van der Waals surface area contributed by atoms with Crippen LogP contribution in [0.3, 0.4) is 0 Å². The van der Waals surface area contributed by atoms with E-state index in [9.17, 15) is 0 Å². The number of likely N-dealkylation sites (tertiary alicyclic amines) is 1. The lowest BCUT2D eigenvalue weighted by Gasteiger charge is -2.21. The average Bonchev–Trinajstić information content (AvgIpc) is 3.29. The van der Waals surface area contributed by atoms with Gasteiger partial charge in [-0.15, -0.1) is 24.0 Å². The van der Waals surface area contributed by atoms with Gasteiger partial charge >= 0.3 is 0 Å². The van der Waals surface area contributed by atoms with Crippen LogP contribution < -0.4 is 10.6 Å². The summed E-state index contributed by atoms with van der Waals surface area (Å²) in [5.74, 6) is 0.893. The number of aryl methyl sites for hydroxylation is 1. The molecule has 0 bridgehead atoms. The fourth-order valence-corrected chi connectivity index (χ4v) is 3.51. The van der Waals surface area contributed by atoms with Crippen LogP contribution in [-0.2, 0) is 13.1 Å². The molecule has 2 atom stereocenters. The van der Waals surface area contributed by atoms with E-state index in [1.807, 2.05) is 30.2 Å². The molecule has 1 saturated heterocycles. The van der Waals surface area contributed by atoms with E-state index >= 15 is 0 Å². The fraction of sp³-hybridized carbons (Fsp3) is 0.500. The number of hydrogen-bond donors (Lipinski definition) is 2. The van der Waals surface area contributed by atoms with Crippen LogP contribution in [0.5, 0.6) is 0 Å². The predicted molar refractivity (Wildman–Crippen MR) is 121 cm³/mol. The molecule has 0 aliphatic carbocycles. The zero-order valence-corrected chi connectivity index (χ0v) is 18.5. The van der Waals surface area contributed by atoms with Gasteiger partial charge in [-0.2, -0.15) is 5.10 Å². The van der Waals surface area contributed by atoms with Gasteiger partial charge in [-0.1, -0.05) is 30.3 Å². The van der Waals surface area contributed by atoms with Gasteiger partial charge in [0, 0.05) is 57.7 Å². The van der Waals surface area contributed by atoms with E-state index in [-0.39, 0.29) is 24.0 Å². The first-order valence-corrected chi connectivity index (χ1v) is 9.47. The van der Waals surface area contributed by atoms with Crippen molar-refractivity contribution in [1.82, 2.24) is 25.3 Å². The van der Waals surface area contributed by atoms with Gasteiger partial charge in [0.15, 0.2) is 5.96 Å². The van der Waals surface area contributed by atoms with Crippen molar-refractivity contribution in [1.29, 1.82) is 0 Å². The van der Waals surface area contributed by atoms with Crippen LogP contribution in [0.1, 0.15) is 25.3 Å². The van der Waals surface area contributed by atoms with Crippen LogP contribution in [0.25, 0.3) is 0 Å². The predicted octanol–water partition coefficient (Wildman–Crippen LogP) is 2.72. The van der Waals surface area contributed by atoms with Crippen molar-refractivity contribution < 1.29 is 0 Å². The lowest BCUT2D eigenvalue weighted by atomic mass is 10.2. The Morgan fingerprint density at radius 3 is 2.78 bits per heavy atom. The number of nitrogens with one attached hydrogen (secondary N) is 2. The molecular weight excluding hydrogens is 451 g/mol. The van der Waals surface area contributed by atoms with Gasteiger partial charge in [0.2, 0.25) is 0 Å². The molecule has 1 aliphatic heterocycles. The van der Waals surface area contributed by atoms with E-state index in [1.165, 1.54) is 5.56 Å². The molecule has 2 aromatic rings. The van der Waals surface area contributed by atoms with Crippen LogP contribution >= 0.6 is 24.0 Å². The maximum Gasteiger partial charge on any atom is 0.191 e. The molecule has 148 valence electrons. The second-order valence-electron chi connectivity index (χ2n) is 6.96. The summed E-state index contributed by atoms with van der Waals surface area (Å²) < 4.78 is 1.96. The first-order chi connectivity index (χ1) is 12.7. The van der Waals surface area contributed by atoms with Crippen LogP contribution in [0.4, 0.5) is 0 Å². The minimum absolute atomic E-state index is 0. The number of benzene rings is 1. The molecule has 27 heavy (non-hydrogen) atoms. The Kier molecular flexibility index (Phi) is 9.06. The van der Waals surface area contributed by atoms with Crippen molar-refractivity contribution in [2.75, 3.05) is 20.1 Å². The molecule has 0 amide bonds. The molecule has 1 aliphatic rings. The molecule has 1 aromatic heterocycles. The number of rotatable bonds is 7. The zero-order chi connectivity index (χ0) is 18.2. The van der Waals surface area contributed by atoms with Crippen molar-refractivity contribution >= 4 is 29.9 Å². The highest BCUT2D eigenvalue weighted by atomic mass is 127. The SMILES string of the molecule is CN=C(NCCCn1cccn1)NC1CC(C)N(Cc2ccccc2)C1.I. The van der Waals surface area contributed by atoms with Crippen molar-refractivity contribution in [3.05, 3.63) is 54.4 Å². The van der Waals surface area contributed by atoms with E-state index in [1.54, 1.807) is 0 Å². The molecule has 2 N–H and O–H groups in total. The Morgan fingerprint density at radius 2 is 2.07 bits per heavy atom. The summed E-state index contributed by atoms with van der Waals surface area (Å²) in [7, 11) is 1.84. The van der Waals surface area contributed by atoms with Crippen molar-refractivity contribution in [3.63, 3.8) is 0 Å². The summed E-state index contributed by atoms with van der Waals surface area (Å²) in [6.45, 7) is 6.17. The Labute approximate surface area is 179 Å². The zero-order valence-electron chi connectivity index (χ0n) is 16.2. The molecule has 0 radical (unpaired) electrons. The Balaban J connectivity index is 0.00000261. The van der Waals surface area contributed by atoms with Gasteiger partial charge in [0.05, 0.1) is 0 Å². The quantitative estimate of drug-likeness (QED) is 0.276. The van der Waals surface area contributed by atoms with Crippen LogP contribution in [-0.4, -0.2) is 52.9 Å². The highest BCUT2D eigenvalue weighted by Crippen LogP contribution is 2.20. The molecule has 2 unspecified atom stereocenters.